The van der Waals surface area contributed by atoms with Crippen molar-refractivity contribution in [2.75, 3.05) is 5.75 Å². The minimum atomic E-state index is -0.966. The van der Waals surface area contributed by atoms with Crippen LogP contribution in [-0.4, -0.2) is 22.6 Å². The number of carboxylic acids is 1. The molecular formula is C12H12O3S. The van der Waals surface area contributed by atoms with Gasteiger partial charge in [-0.1, -0.05) is 0 Å². The molecule has 2 rings (SSSR count). The highest BCUT2D eigenvalue weighted by atomic mass is 32.2. The lowest BCUT2D eigenvalue weighted by molar-refractivity contribution is 0.0696. The molecule has 1 aliphatic rings. The standard InChI is InChI=1S/C12H12O3S/c1-6-5-8(12(14)15)7(2)10-9(13)3-4-16-11(6)10/h5H,3-4H2,1-2H3,(H,14,15). The van der Waals surface area contributed by atoms with E-state index in [1.54, 1.807) is 24.8 Å². The summed E-state index contributed by atoms with van der Waals surface area (Å²) < 4.78 is 0. The normalized spacial score (nSPS) is 14.8. The number of Topliss-reactive ketones (excluding diaryl/α,β-unsaturated/α-hetero) is 1. The lowest BCUT2D eigenvalue weighted by atomic mass is 9.95. The van der Waals surface area contributed by atoms with Crippen molar-refractivity contribution in [1.82, 2.24) is 0 Å². The lowest BCUT2D eigenvalue weighted by Gasteiger charge is -2.20. The van der Waals surface area contributed by atoms with Gasteiger partial charge in [0.05, 0.1) is 5.56 Å². The number of ketones is 1. The quantitative estimate of drug-likeness (QED) is 0.814. The number of aromatic carboxylic acids is 1. The fourth-order valence-electron chi connectivity index (χ4n) is 2.01. The third-order valence-electron chi connectivity index (χ3n) is 2.81. The Kier molecular flexibility index (Phi) is 2.76. The second kappa shape index (κ2) is 3.94. The molecule has 1 aromatic rings. The molecule has 4 heteroatoms. The molecule has 0 atom stereocenters. The number of carbonyl (C=O) groups is 2. The van der Waals surface area contributed by atoms with Crippen LogP contribution in [0.2, 0.25) is 0 Å². The molecule has 84 valence electrons. The molecule has 0 saturated carbocycles. The van der Waals surface area contributed by atoms with Gasteiger partial charge in [-0.3, -0.25) is 4.79 Å². The highest BCUT2D eigenvalue weighted by Gasteiger charge is 2.25. The van der Waals surface area contributed by atoms with Gasteiger partial charge in [-0.15, -0.1) is 11.8 Å². The third-order valence-corrected chi connectivity index (χ3v) is 4.03. The Bertz CT molecular complexity index is 492. The summed E-state index contributed by atoms with van der Waals surface area (Å²) in [5.41, 5.74) is 2.35. The summed E-state index contributed by atoms with van der Waals surface area (Å²) in [6, 6.07) is 1.65. The zero-order valence-electron chi connectivity index (χ0n) is 9.16. The van der Waals surface area contributed by atoms with Crippen LogP contribution in [0.5, 0.6) is 0 Å². The number of fused-ring (bicyclic) bond motifs is 1. The molecule has 1 heterocycles. The molecule has 0 fully saturated rings. The molecule has 0 saturated heterocycles. The minimum Gasteiger partial charge on any atom is -0.478 e. The van der Waals surface area contributed by atoms with Gasteiger partial charge in [-0.05, 0) is 31.0 Å². The number of hydrogen-bond donors (Lipinski definition) is 1. The van der Waals surface area contributed by atoms with Gasteiger partial charge in [0.25, 0.3) is 0 Å². The number of aryl methyl sites for hydroxylation is 1. The molecule has 1 N–H and O–H groups in total. The van der Waals surface area contributed by atoms with Crippen molar-refractivity contribution in [3.8, 4) is 0 Å². The third kappa shape index (κ3) is 1.63. The molecule has 0 aliphatic carbocycles. The number of carboxylic acid groups (broad SMARTS) is 1. The van der Waals surface area contributed by atoms with Crippen LogP contribution in [0.3, 0.4) is 0 Å². The van der Waals surface area contributed by atoms with E-state index in [1.165, 1.54) is 0 Å². The van der Waals surface area contributed by atoms with Gasteiger partial charge in [-0.25, -0.2) is 4.79 Å². The zero-order chi connectivity index (χ0) is 11.9. The second-order valence-electron chi connectivity index (χ2n) is 3.90. The molecule has 0 amide bonds. The molecular weight excluding hydrogens is 224 g/mol. The molecule has 1 aromatic carbocycles. The van der Waals surface area contributed by atoms with E-state index in [2.05, 4.69) is 0 Å². The highest BCUT2D eigenvalue weighted by molar-refractivity contribution is 7.99. The van der Waals surface area contributed by atoms with Crippen LogP contribution < -0.4 is 0 Å². The Hall–Kier alpha value is -1.29. The number of hydrogen-bond acceptors (Lipinski definition) is 3. The Morgan fingerprint density at radius 1 is 1.44 bits per heavy atom. The van der Waals surface area contributed by atoms with Crippen molar-refractivity contribution >= 4 is 23.5 Å². The van der Waals surface area contributed by atoms with E-state index in [9.17, 15) is 9.59 Å². The summed E-state index contributed by atoms with van der Waals surface area (Å²) in [6.07, 6.45) is 0.501. The summed E-state index contributed by atoms with van der Waals surface area (Å²) in [4.78, 5) is 23.8. The first-order chi connectivity index (χ1) is 7.52. The Morgan fingerprint density at radius 2 is 2.12 bits per heavy atom. The summed E-state index contributed by atoms with van der Waals surface area (Å²) in [5, 5.41) is 9.06. The number of thioether (sulfide) groups is 1. The van der Waals surface area contributed by atoms with Gasteiger partial charge in [0.1, 0.15) is 0 Å². The molecule has 0 spiro atoms. The van der Waals surface area contributed by atoms with Crippen molar-refractivity contribution in [3.63, 3.8) is 0 Å². The van der Waals surface area contributed by atoms with Crippen LogP contribution >= 0.6 is 11.8 Å². The smallest absolute Gasteiger partial charge is 0.335 e. The Labute approximate surface area is 97.9 Å². The van der Waals surface area contributed by atoms with E-state index >= 15 is 0 Å². The summed E-state index contributed by atoms with van der Waals surface area (Å²) in [6.45, 7) is 3.57. The van der Waals surface area contributed by atoms with Gasteiger partial charge in [0.15, 0.2) is 5.78 Å². The topological polar surface area (TPSA) is 54.4 Å². The Balaban J connectivity index is 2.74. The largest absolute Gasteiger partial charge is 0.478 e. The SMILES string of the molecule is Cc1cc(C(=O)O)c(C)c2c1SCCC2=O. The van der Waals surface area contributed by atoms with Gasteiger partial charge < -0.3 is 5.11 Å². The average Bonchev–Trinajstić information content (AvgIpc) is 2.22. The second-order valence-corrected chi connectivity index (χ2v) is 5.00. The van der Waals surface area contributed by atoms with E-state index < -0.39 is 5.97 Å². The molecule has 0 bridgehead atoms. The predicted molar refractivity (Wildman–Crippen MR) is 62.5 cm³/mol. The molecule has 1 aliphatic heterocycles. The van der Waals surface area contributed by atoms with Crippen LogP contribution in [0.25, 0.3) is 0 Å². The maximum absolute atomic E-state index is 11.8. The first-order valence-electron chi connectivity index (χ1n) is 5.06. The molecule has 16 heavy (non-hydrogen) atoms. The van der Waals surface area contributed by atoms with Crippen LogP contribution in [0.1, 0.15) is 38.3 Å². The van der Waals surface area contributed by atoms with Crippen LogP contribution in [0.4, 0.5) is 0 Å². The van der Waals surface area contributed by atoms with E-state index in [-0.39, 0.29) is 11.3 Å². The van der Waals surface area contributed by atoms with E-state index in [1.807, 2.05) is 6.92 Å². The van der Waals surface area contributed by atoms with E-state index in [4.69, 9.17) is 5.11 Å². The van der Waals surface area contributed by atoms with Crippen molar-refractivity contribution in [1.29, 1.82) is 0 Å². The predicted octanol–water partition coefficient (Wildman–Crippen LogP) is 2.68. The van der Waals surface area contributed by atoms with E-state index in [0.29, 0.717) is 17.5 Å². The highest BCUT2D eigenvalue weighted by Crippen LogP contribution is 2.36. The molecule has 0 radical (unpaired) electrons. The fraction of sp³-hybridized carbons (Fsp3) is 0.333. The fourth-order valence-corrected chi connectivity index (χ4v) is 3.20. The number of benzene rings is 1. The van der Waals surface area contributed by atoms with E-state index in [0.717, 1.165) is 16.2 Å². The maximum Gasteiger partial charge on any atom is 0.335 e. The van der Waals surface area contributed by atoms with Crippen LogP contribution in [0.15, 0.2) is 11.0 Å². The van der Waals surface area contributed by atoms with Crippen molar-refractivity contribution < 1.29 is 14.7 Å². The summed E-state index contributed by atoms with van der Waals surface area (Å²) in [7, 11) is 0. The number of rotatable bonds is 1. The van der Waals surface area contributed by atoms with Gasteiger partial charge in [0.2, 0.25) is 0 Å². The zero-order valence-corrected chi connectivity index (χ0v) is 9.98. The van der Waals surface area contributed by atoms with Crippen molar-refractivity contribution in [2.24, 2.45) is 0 Å². The first kappa shape index (κ1) is 11.2. The number of carbonyl (C=O) groups excluding carboxylic acids is 1. The maximum atomic E-state index is 11.8. The van der Waals surface area contributed by atoms with Crippen LogP contribution in [-0.2, 0) is 0 Å². The average molecular weight is 236 g/mol. The molecule has 0 unspecified atom stereocenters. The first-order valence-corrected chi connectivity index (χ1v) is 6.04. The summed E-state index contributed by atoms with van der Waals surface area (Å²) >= 11 is 1.64. The summed E-state index contributed by atoms with van der Waals surface area (Å²) in [5.74, 6) is -0.109. The van der Waals surface area contributed by atoms with Gasteiger partial charge in [-0.2, -0.15) is 0 Å². The minimum absolute atomic E-state index is 0.0671. The molecule has 0 aromatic heterocycles. The van der Waals surface area contributed by atoms with Gasteiger partial charge >= 0.3 is 5.97 Å². The molecule has 3 nitrogen and oxygen atoms in total. The lowest BCUT2D eigenvalue weighted by Crippen LogP contribution is -2.15. The van der Waals surface area contributed by atoms with Gasteiger partial charge in [0, 0.05) is 22.6 Å². The monoisotopic (exact) mass is 236 g/mol. The van der Waals surface area contributed by atoms with Crippen molar-refractivity contribution in [3.05, 3.63) is 28.3 Å². The Morgan fingerprint density at radius 3 is 2.75 bits per heavy atom. The van der Waals surface area contributed by atoms with Crippen LogP contribution in [0, 0.1) is 13.8 Å². The van der Waals surface area contributed by atoms with Crippen molar-refractivity contribution in [2.45, 2.75) is 25.2 Å².